The minimum atomic E-state index is -0.0920. The van der Waals surface area contributed by atoms with Crippen molar-refractivity contribution in [2.24, 2.45) is 35.3 Å². The predicted octanol–water partition coefficient (Wildman–Crippen LogP) is 3.17. The summed E-state index contributed by atoms with van der Waals surface area (Å²) in [5.41, 5.74) is 7.31. The highest BCUT2D eigenvalue weighted by atomic mass is 16.4. The molecule has 4 heteroatoms. The number of rotatable bonds is 3. The van der Waals surface area contributed by atoms with Crippen molar-refractivity contribution in [3.8, 4) is 0 Å². The second-order valence-corrected chi connectivity index (χ2v) is 7.26. The van der Waals surface area contributed by atoms with E-state index >= 15 is 0 Å². The minimum Gasteiger partial charge on any atom is -0.419 e. The lowest BCUT2D eigenvalue weighted by Crippen LogP contribution is -2.48. The van der Waals surface area contributed by atoms with Crippen LogP contribution >= 0.6 is 0 Å². The third kappa shape index (κ3) is 1.85. The molecule has 4 bridgehead atoms. The normalized spacial score (nSPS) is 40.0. The van der Waals surface area contributed by atoms with Gasteiger partial charge in [0, 0.05) is 5.57 Å². The monoisotopic (exact) mass is 273 g/mol. The van der Waals surface area contributed by atoms with E-state index < -0.39 is 0 Å². The first-order chi connectivity index (χ1) is 9.61. The highest BCUT2D eigenvalue weighted by molar-refractivity contribution is 5.51. The molecule has 5 rings (SSSR count). The molecule has 4 fully saturated rings. The summed E-state index contributed by atoms with van der Waals surface area (Å²) in [4.78, 5) is 0. The summed E-state index contributed by atoms with van der Waals surface area (Å²) >= 11 is 0. The quantitative estimate of drug-likeness (QED) is 0.918. The summed E-state index contributed by atoms with van der Waals surface area (Å²) in [5.74, 6) is 5.17. The number of hydrogen-bond acceptors (Lipinski definition) is 4. The molecule has 20 heavy (non-hydrogen) atoms. The van der Waals surface area contributed by atoms with Crippen molar-refractivity contribution < 1.29 is 4.42 Å². The largest absolute Gasteiger partial charge is 0.419 e. The SMILES string of the molecule is C=C(C)c1nnc(C(N)C2C3CC4CC(C3)CC2C4)o1. The van der Waals surface area contributed by atoms with E-state index in [1.807, 2.05) is 6.92 Å². The molecule has 4 aliphatic rings. The van der Waals surface area contributed by atoms with E-state index in [0.29, 0.717) is 17.7 Å². The lowest BCUT2D eigenvalue weighted by atomic mass is 9.50. The van der Waals surface area contributed by atoms with Crippen LogP contribution in [0.15, 0.2) is 11.0 Å². The molecule has 1 unspecified atom stereocenters. The summed E-state index contributed by atoms with van der Waals surface area (Å²) in [5, 5.41) is 8.22. The van der Waals surface area contributed by atoms with Crippen LogP contribution in [0.25, 0.3) is 5.57 Å². The fourth-order valence-corrected chi connectivity index (χ4v) is 5.26. The van der Waals surface area contributed by atoms with Gasteiger partial charge in [-0.15, -0.1) is 10.2 Å². The Morgan fingerprint density at radius 3 is 2.25 bits per heavy atom. The lowest BCUT2D eigenvalue weighted by molar-refractivity contribution is -0.0503. The van der Waals surface area contributed by atoms with Crippen LogP contribution in [-0.4, -0.2) is 10.2 Å². The Balaban J connectivity index is 1.58. The van der Waals surface area contributed by atoms with Gasteiger partial charge in [0.2, 0.25) is 11.8 Å². The molecule has 0 aromatic carbocycles. The van der Waals surface area contributed by atoms with Crippen molar-refractivity contribution in [2.45, 2.75) is 45.1 Å². The van der Waals surface area contributed by atoms with Crippen molar-refractivity contribution in [1.82, 2.24) is 10.2 Å². The van der Waals surface area contributed by atoms with Crippen molar-refractivity contribution in [3.05, 3.63) is 18.4 Å². The molecule has 108 valence electrons. The van der Waals surface area contributed by atoms with Gasteiger partial charge in [0.15, 0.2) is 0 Å². The zero-order valence-corrected chi connectivity index (χ0v) is 12.1. The van der Waals surface area contributed by atoms with Gasteiger partial charge in [-0.25, -0.2) is 0 Å². The van der Waals surface area contributed by atoms with E-state index in [-0.39, 0.29) is 6.04 Å². The van der Waals surface area contributed by atoms with Gasteiger partial charge in [-0.2, -0.15) is 0 Å². The maximum atomic E-state index is 6.51. The average molecular weight is 273 g/mol. The molecule has 0 saturated heterocycles. The van der Waals surface area contributed by atoms with Crippen LogP contribution in [0.2, 0.25) is 0 Å². The molecule has 4 saturated carbocycles. The Morgan fingerprint density at radius 2 is 1.75 bits per heavy atom. The number of nitrogens with zero attached hydrogens (tertiary/aromatic N) is 2. The first-order valence-electron chi connectivity index (χ1n) is 7.86. The lowest BCUT2D eigenvalue weighted by Gasteiger charge is -2.55. The predicted molar refractivity (Wildman–Crippen MR) is 76.5 cm³/mol. The third-order valence-electron chi connectivity index (χ3n) is 5.81. The van der Waals surface area contributed by atoms with Crippen LogP contribution in [0, 0.1) is 29.6 Å². The van der Waals surface area contributed by atoms with Crippen molar-refractivity contribution in [3.63, 3.8) is 0 Å². The van der Waals surface area contributed by atoms with E-state index in [1.54, 1.807) is 0 Å². The van der Waals surface area contributed by atoms with Gasteiger partial charge in [0.1, 0.15) is 0 Å². The summed E-state index contributed by atoms with van der Waals surface area (Å²) in [6.45, 7) is 5.73. The maximum Gasteiger partial charge on any atom is 0.242 e. The maximum absolute atomic E-state index is 6.51. The molecule has 1 atom stereocenters. The van der Waals surface area contributed by atoms with Crippen molar-refractivity contribution >= 4 is 5.57 Å². The molecule has 1 heterocycles. The van der Waals surface area contributed by atoms with Gasteiger partial charge >= 0.3 is 0 Å². The van der Waals surface area contributed by atoms with E-state index in [1.165, 1.54) is 32.1 Å². The molecule has 0 spiro atoms. The molecule has 4 nitrogen and oxygen atoms in total. The van der Waals surface area contributed by atoms with E-state index in [4.69, 9.17) is 10.2 Å². The van der Waals surface area contributed by atoms with Gasteiger partial charge < -0.3 is 10.2 Å². The number of allylic oxidation sites excluding steroid dienone is 1. The van der Waals surface area contributed by atoms with Gasteiger partial charge in [-0.1, -0.05) is 6.58 Å². The first-order valence-corrected chi connectivity index (χ1v) is 7.86. The fourth-order valence-electron chi connectivity index (χ4n) is 5.26. The molecular formula is C16H23N3O. The Kier molecular flexibility index (Phi) is 2.78. The van der Waals surface area contributed by atoms with Gasteiger partial charge in [-0.05, 0) is 68.6 Å². The highest BCUT2D eigenvalue weighted by Gasteiger charge is 2.50. The number of hydrogen-bond donors (Lipinski definition) is 1. The van der Waals surface area contributed by atoms with Crippen molar-refractivity contribution in [1.29, 1.82) is 0 Å². The Hall–Kier alpha value is -1.16. The molecule has 0 amide bonds. The van der Waals surface area contributed by atoms with E-state index in [0.717, 1.165) is 29.2 Å². The van der Waals surface area contributed by atoms with Gasteiger partial charge in [-0.3, -0.25) is 0 Å². The van der Waals surface area contributed by atoms with Crippen LogP contribution in [0.3, 0.4) is 0 Å². The highest BCUT2D eigenvalue weighted by Crippen LogP contribution is 2.58. The van der Waals surface area contributed by atoms with E-state index in [9.17, 15) is 0 Å². The van der Waals surface area contributed by atoms with Gasteiger partial charge in [0.25, 0.3) is 0 Å². The molecule has 1 aromatic heterocycles. The molecule has 1 aromatic rings. The second kappa shape index (κ2) is 4.42. The molecule has 2 N–H and O–H groups in total. The topological polar surface area (TPSA) is 64.9 Å². The van der Waals surface area contributed by atoms with E-state index in [2.05, 4.69) is 16.8 Å². The smallest absolute Gasteiger partial charge is 0.242 e. The Morgan fingerprint density at radius 1 is 1.15 bits per heavy atom. The van der Waals surface area contributed by atoms with Crippen LogP contribution in [0.4, 0.5) is 0 Å². The van der Waals surface area contributed by atoms with Crippen LogP contribution < -0.4 is 5.73 Å². The number of nitrogens with two attached hydrogens (primary N) is 1. The summed E-state index contributed by atoms with van der Waals surface area (Å²) in [7, 11) is 0. The van der Waals surface area contributed by atoms with Gasteiger partial charge in [0.05, 0.1) is 6.04 Å². The average Bonchev–Trinajstić information content (AvgIpc) is 2.86. The summed E-state index contributed by atoms with van der Waals surface area (Å²) in [6.07, 6.45) is 6.94. The standard InChI is InChI=1S/C16H23N3O/c1-8(2)15-18-19-16(20-15)14(17)13-11-4-9-3-10(6-11)7-12(13)5-9/h9-14H,1,3-7,17H2,2H3. The minimum absolute atomic E-state index is 0.0920. The molecular weight excluding hydrogens is 250 g/mol. The molecule has 0 aliphatic heterocycles. The Bertz CT molecular complexity index is 508. The zero-order valence-electron chi connectivity index (χ0n) is 12.1. The third-order valence-corrected chi connectivity index (χ3v) is 5.81. The van der Waals surface area contributed by atoms with Crippen LogP contribution in [0.5, 0.6) is 0 Å². The Labute approximate surface area is 119 Å². The number of aromatic nitrogens is 2. The first kappa shape index (κ1) is 12.6. The van der Waals surface area contributed by atoms with Crippen LogP contribution in [-0.2, 0) is 0 Å². The fraction of sp³-hybridized carbons (Fsp3) is 0.750. The second-order valence-electron chi connectivity index (χ2n) is 7.26. The summed E-state index contributed by atoms with van der Waals surface area (Å²) in [6, 6.07) is -0.0920. The zero-order chi connectivity index (χ0) is 13.9. The van der Waals surface area contributed by atoms with Crippen molar-refractivity contribution in [2.75, 3.05) is 0 Å². The molecule has 0 radical (unpaired) electrons. The summed E-state index contributed by atoms with van der Waals surface area (Å²) < 4.78 is 5.72. The van der Waals surface area contributed by atoms with Crippen LogP contribution in [0.1, 0.15) is 56.9 Å². The molecule has 4 aliphatic carbocycles.